The zero-order chi connectivity index (χ0) is 19.5. The minimum absolute atomic E-state index is 0.0256. The maximum atomic E-state index is 12.8. The lowest BCUT2D eigenvalue weighted by molar-refractivity contribution is -0.143. The van der Waals surface area contributed by atoms with Gasteiger partial charge in [-0.2, -0.15) is 26.3 Å². The zero-order valence-corrected chi connectivity index (χ0v) is 14.0. The Morgan fingerprint density at radius 1 is 1.12 bits per heavy atom. The Kier molecular flexibility index (Phi) is 6.17. The highest BCUT2D eigenvalue weighted by Crippen LogP contribution is 2.37. The van der Waals surface area contributed by atoms with Crippen LogP contribution >= 0.6 is 0 Å². The molecule has 1 amide bonds. The van der Waals surface area contributed by atoms with Crippen LogP contribution in [0.3, 0.4) is 0 Å². The number of likely N-dealkylation sites (tertiary alicyclic amines) is 1. The predicted molar refractivity (Wildman–Crippen MR) is 83.6 cm³/mol. The van der Waals surface area contributed by atoms with Crippen LogP contribution < -0.4 is 10.6 Å². The van der Waals surface area contributed by atoms with Crippen LogP contribution in [0.1, 0.15) is 24.0 Å². The first-order valence-electron chi connectivity index (χ1n) is 7.98. The maximum absolute atomic E-state index is 12.8. The highest BCUT2D eigenvalue weighted by atomic mass is 19.4. The Morgan fingerprint density at radius 3 is 2.19 bits per heavy atom. The van der Waals surface area contributed by atoms with E-state index in [1.807, 2.05) is 0 Å². The molecule has 1 aliphatic rings. The number of piperidine rings is 1. The van der Waals surface area contributed by atoms with E-state index in [0.29, 0.717) is 25.2 Å². The van der Waals surface area contributed by atoms with Gasteiger partial charge >= 0.3 is 12.4 Å². The molecule has 2 N–H and O–H groups in total. The Hall–Kier alpha value is -1.81. The van der Waals surface area contributed by atoms with Gasteiger partial charge in [-0.05, 0) is 44.6 Å². The van der Waals surface area contributed by atoms with Gasteiger partial charge in [0.25, 0.3) is 0 Å². The Labute approximate surface area is 146 Å². The molecule has 0 aromatic heterocycles. The number of rotatable bonds is 4. The number of anilines is 1. The lowest BCUT2D eigenvalue weighted by Crippen LogP contribution is -2.46. The Balaban J connectivity index is 2.13. The van der Waals surface area contributed by atoms with Crippen LogP contribution in [0.5, 0.6) is 0 Å². The third-order valence-electron chi connectivity index (χ3n) is 4.15. The number of hydrogen-bond donors (Lipinski definition) is 2. The summed E-state index contributed by atoms with van der Waals surface area (Å²) in [5.74, 6) is -0.658. The Morgan fingerprint density at radius 2 is 1.69 bits per heavy atom. The monoisotopic (exact) mass is 383 g/mol. The minimum Gasteiger partial charge on any atom is -0.325 e. The second kappa shape index (κ2) is 7.83. The number of alkyl halides is 6. The fraction of sp³-hybridized carbons (Fsp3) is 0.562. The molecule has 0 saturated carbocycles. The normalized spacial score (nSPS) is 19.4. The number of amides is 1. The van der Waals surface area contributed by atoms with E-state index in [-0.39, 0.29) is 18.7 Å². The molecule has 10 heteroatoms. The summed E-state index contributed by atoms with van der Waals surface area (Å²) in [5.41, 5.74) is -3.45. The molecule has 26 heavy (non-hydrogen) atoms. The number of benzene rings is 1. The van der Waals surface area contributed by atoms with Crippen LogP contribution in [0.15, 0.2) is 18.2 Å². The molecule has 0 aliphatic carbocycles. The van der Waals surface area contributed by atoms with E-state index in [1.165, 1.54) is 0 Å². The predicted octanol–water partition coefficient (Wildman–Crippen LogP) is 3.35. The molecule has 1 saturated heterocycles. The van der Waals surface area contributed by atoms with Crippen molar-refractivity contribution in [2.75, 3.05) is 32.0 Å². The van der Waals surface area contributed by atoms with Gasteiger partial charge < -0.3 is 10.6 Å². The van der Waals surface area contributed by atoms with Gasteiger partial charge in [0.1, 0.15) is 0 Å². The van der Waals surface area contributed by atoms with Crippen molar-refractivity contribution in [3.63, 3.8) is 0 Å². The molecule has 1 heterocycles. The molecule has 4 nitrogen and oxygen atoms in total. The highest BCUT2D eigenvalue weighted by molar-refractivity contribution is 5.92. The van der Waals surface area contributed by atoms with Crippen molar-refractivity contribution in [2.45, 2.75) is 31.2 Å². The number of nitrogens with zero attached hydrogens (tertiary/aromatic N) is 1. The quantitative estimate of drug-likeness (QED) is 0.784. The summed E-state index contributed by atoms with van der Waals surface area (Å²) in [6.45, 7) is 1.12. The second-order valence-electron chi connectivity index (χ2n) is 6.21. The van der Waals surface area contributed by atoms with Crippen LogP contribution in [0.25, 0.3) is 0 Å². The number of carbonyl (C=O) groups is 1. The van der Waals surface area contributed by atoms with Crippen LogP contribution in [-0.4, -0.2) is 43.5 Å². The molecular formula is C16H19F6N3O. The average Bonchev–Trinajstić information content (AvgIpc) is 2.53. The topological polar surface area (TPSA) is 44.4 Å². The van der Waals surface area contributed by atoms with Crippen LogP contribution in [0.4, 0.5) is 32.0 Å². The van der Waals surface area contributed by atoms with Gasteiger partial charge in [0.05, 0.1) is 17.7 Å². The molecular weight excluding hydrogens is 364 g/mol. The summed E-state index contributed by atoms with van der Waals surface area (Å²) in [6, 6.07) is 1.22. The molecule has 1 aromatic carbocycles. The molecule has 0 bridgehead atoms. The number of nitrogens with one attached hydrogen (secondary N) is 2. The molecule has 2 rings (SSSR count). The van der Waals surface area contributed by atoms with Crippen molar-refractivity contribution < 1.29 is 31.1 Å². The molecule has 146 valence electrons. The molecule has 0 spiro atoms. The lowest BCUT2D eigenvalue weighted by Gasteiger charge is -2.31. The van der Waals surface area contributed by atoms with Crippen molar-refractivity contribution in [2.24, 2.45) is 0 Å². The van der Waals surface area contributed by atoms with Gasteiger partial charge in [-0.15, -0.1) is 0 Å². The number of likely N-dealkylation sites (N-methyl/N-ethyl adjacent to an activating group) is 1. The first-order chi connectivity index (χ1) is 12.0. The molecule has 1 atom stereocenters. The third kappa shape index (κ3) is 5.60. The van der Waals surface area contributed by atoms with Crippen molar-refractivity contribution >= 4 is 11.6 Å². The number of hydrogen-bond acceptors (Lipinski definition) is 3. The van der Waals surface area contributed by atoms with Gasteiger partial charge in [-0.1, -0.05) is 0 Å². The van der Waals surface area contributed by atoms with E-state index >= 15 is 0 Å². The zero-order valence-electron chi connectivity index (χ0n) is 14.0. The standard InChI is InChI=1S/C16H19F6N3O/c1-23-12-3-2-4-25(8-12)9-14(26)24-13-6-10(15(17,18)19)5-11(7-13)16(20,21)22/h5-7,12,23H,2-4,8-9H2,1H3,(H,24,26). The van der Waals surface area contributed by atoms with E-state index in [4.69, 9.17) is 0 Å². The summed E-state index contributed by atoms with van der Waals surface area (Å²) in [5, 5.41) is 5.23. The van der Waals surface area contributed by atoms with Crippen molar-refractivity contribution in [3.8, 4) is 0 Å². The van der Waals surface area contributed by atoms with Crippen molar-refractivity contribution in [1.82, 2.24) is 10.2 Å². The van der Waals surface area contributed by atoms with Gasteiger partial charge in [0, 0.05) is 18.3 Å². The van der Waals surface area contributed by atoms with Crippen LogP contribution in [0, 0.1) is 0 Å². The summed E-state index contributed by atoms with van der Waals surface area (Å²) in [4.78, 5) is 13.9. The first-order valence-corrected chi connectivity index (χ1v) is 7.98. The van der Waals surface area contributed by atoms with Gasteiger partial charge in [0.15, 0.2) is 0 Å². The van der Waals surface area contributed by atoms with Crippen LogP contribution in [0.2, 0.25) is 0 Å². The smallest absolute Gasteiger partial charge is 0.325 e. The largest absolute Gasteiger partial charge is 0.416 e. The molecule has 1 fully saturated rings. The fourth-order valence-corrected chi connectivity index (χ4v) is 2.87. The first kappa shape index (κ1) is 20.5. The third-order valence-corrected chi connectivity index (χ3v) is 4.15. The average molecular weight is 383 g/mol. The number of halogens is 6. The van der Waals surface area contributed by atoms with Crippen LogP contribution in [-0.2, 0) is 17.1 Å². The SMILES string of the molecule is CNC1CCCN(CC(=O)Nc2cc(C(F)(F)F)cc(C(F)(F)F)c2)C1. The molecule has 0 radical (unpaired) electrons. The fourth-order valence-electron chi connectivity index (χ4n) is 2.87. The van der Waals surface area contributed by atoms with E-state index < -0.39 is 35.1 Å². The number of carbonyl (C=O) groups excluding carboxylic acids is 1. The molecule has 1 unspecified atom stereocenters. The van der Waals surface area contributed by atoms with Crippen molar-refractivity contribution in [3.05, 3.63) is 29.3 Å². The minimum atomic E-state index is -4.95. The summed E-state index contributed by atoms with van der Waals surface area (Å²) in [6.07, 6.45) is -8.11. The Bertz CT molecular complexity index is 612. The van der Waals surface area contributed by atoms with Gasteiger partial charge in [0.2, 0.25) is 5.91 Å². The summed E-state index contributed by atoms with van der Waals surface area (Å²) >= 11 is 0. The summed E-state index contributed by atoms with van der Waals surface area (Å²) < 4.78 is 77.0. The molecule has 1 aliphatic heterocycles. The lowest BCUT2D eigenvalue weighted by atomic mass is 10.1. The highest BCUT2D eigenvalue weighted by Gasteiger charge is 2.37. The second-order valence-corrected chi connectivity index (χ2v) is 6.21. The van der Waals surface area contributed by atoms with E-state index in [0.717, 1.165) is 12.8 Å². The van der Waals surface area contributed by atoms with E-state index in [1.54, 1.807) is 11.9 Å². The maximum Gasteiger partial charge on any atom is 0.416 e. The molecule has 1 aromatic rings. The van der Waals surface area contributed by atoms with E-state index in [2.05, 4.69) is 10.6 Å². The van der Waals surface area contributed by atoms with E-state index in [9.17, 15) is 31.1 Å². The summed E-state index contributed by atoms with van der Waals surface area (Å²) in [7, 11) is 1.79. The van der Waals surface area contributed by atoms with Gasteiger partial charge in [-0.3, -0.25) is 9.69 Å². The van der Waals surface area contributed by atoms with Crippen molar-refractivity contribution in [1.29, 1.82) is 0 Å². The van der Waals surface area contributed by atoms with Gasteiger partial charge in [-0.25, -0.2) is 0 Å².